The number of nitrogens with zero attached hydrogens (tertiary/aromatic N) is 1. The smallest absolute Gasteiger partial charge is 0.387 e. The Morgan fingerprint density at radius 1 is 1.31 bits per heavy atom. The lowest BCUT2D eigenvalue weighted by molar-refractivity contribution is -0.111. The van der Waals surface area contributed by atoms with Gasteiger partial charge in [-0.15, -0.1) is 0 Å². The molecule has 26 heavy (non-hydrogen) atoms. The summed E-state index contributed by atoms with van der Waals surface area (Å²) in [7, 11) is 1.33. The number of carbonyl (C=O) groups is 1. The molecule has 1 N–H and O–H groups in total. The molecule has 2 rings (SSSR count). The summed E-state index contributed by atoms with van der Waals surface area (Å²) in [4.78, 5) is 23.6. The third-order valence-corrected chi connectivity index (χ3v) is 3.44. The largest absolute Gasteiger partial charge is 0.493 e. The first-order valence-corrected chi connectivity index (χ1v) is 7.76. The van der Waals surface area contributed by atoms with Crippen molar-refractivity contribution in [2.45, 2.75) is 20.1 Å². The number of rotatable bonds is 7. The molecule has 0 radical (unpaired) electrons. The summed E-state index contributed by atoms with van der Waals surface area (Å²) in [6.07, 6.45) is 4.03. The summed E-state index contributed by atoms with van der Waals surface area (Å²) in [5.41, 5.74) is 0.528. The van der Waals surface area contributed by atoms with Gasteiger partial charge in [0.25, 0.3) is 5.56 Å². The number of alkyl halides is 2. The van der Waals surface area contributed by atoms with E-state index in [-0.39, 0.29) is 22.6 Å². The number of pyridine rings is 1. The van der Waals surface area contributed by atoms with Crippen LogP contribution in [0.2, 0.25) is 0 Å². The molecule has 6 nitrogen and oxygen atoms in total. The number of anilines is 1. The third-order valence-electron chi connectivity index (χ3n) is 3.44. The number of methoxy groups -OCH3 is 1. The van der Waals surface area contributed by atoms with Crippen molar-refractivity contribution in [3.8, 4) is 11.5 Å². The number of aryl methyl sites for hydroxylation is 1. The lowest BCUT2D eigenvalue weighted by Gasteiger charge is -2.12. The highest BCUT2D eigenvalue weighted by Gasteiger charge is 2.14. The molecular weight excluding hydrogens is 346 g/mol. The van der Waals surface area contributed by atoms with E-state index in [1.807, 2.05) is 0 Å². The number of carbonyl (C=O) groups excluding carboxylic acids is 1. The van der Waals surface area contributed by atoms with Crippen LogP contribution in [0, 0.1) is 0 Å². The van der Waals surface area contributed by atoms with Crippen LogP contribution in [-0.4, -0.2) is 24.2 Å². The molecule has 0 saturated carbocycles. The van der Waals surface area contributed by atoms with E-state index in [1.165, 1.54) is 54.3 Å². The van der Waals surface area contributed by atoms with Crippen LogP contribution in [0.1, 0.15) is 12.5 Å². The van der Waals surface area contributed by atoms with E-state index >= 15 is 0 Å². The van der Waals surface area contributed by atoms with Gasteiger partial charge in [0.15, 0.2) is 11.5 Å². The summed E-state index contributed by atoms with van der Waals surface area (Å²) < 4.78 is 36.1. The van der Waals surface area contributed by atoms with Gasteiger partial charge in [-0.25, -0.2) is 0 Å². The zero-order valence-corrected chi connectivity index (χ0v) is 14.2. The first-order chi connectivity index (χ1) is 12.4. The first kappa shape index (κ1) is 19.2. The number of nitrogens with one attached hydrogen (secondary N) is 1. The predicted molar refractivity (Wildman–Crippen MR) is 93.7 cm³/mol. The van der Waals surface area contributed by atoms with Crippen LogP contribution in [0.25, 0.3) is 6.08 Å². The SMILES string of the molecule is CCn1cc(NC(=O)/C=C/c2cccc(OC)c2OC(F)F)ccc1=O. The molecule has 1 aromatic carbocycles. The van der Waals surface area contributed by atoms with Crippen molar-refractivity contribution < 1.29 is 23.0 Å². The van der Waals surface area contributed by atoms with Gasteiger partial charge in [0.2, 0.25) is 5.91 Å². The number of hydrogen-bond acceptors (Lipinski definition) is 4. The molecule has 0 saturated heterocycles. The maximum atomic E-state index is 12.6. The van der Waals surface area contributed by atoms with Crippen LogP contribution in [0.3, 0.4) is 0 Å². The summed E-state index contributed by atoms with van der Waals surface area (Å²) in [6.45, 7) is -0.751. The van der Waals surface area contributed by atoms with Crippen LogP contribution < -0.4 is 20.3 Å². The molecule has 0 unspecified atom stereocenters. The van der Waals surface area contributed by atoms with Crippen LogP contribution in [0.15, 0.2) is 47.4 Å². The number of hydrogen-bond donors (Lipinski definition) is 1. The lowest BCUT2D eigenvalue weighted by atomic mass is 10.1. The number of ether oxygens (including phenoxy) is 2. The lowest BCUT2D eigenvalue weighted by Crippen LogP contribution is -2.19. The topological polar surface area (TPSA) is 69.6 Å². The zero-order chi connectivity index (χ0) is 19.1. The van der Waals surface area contributed by atoms with Gasteiger partial charge in [-0.05, 0) is 25.1 Å². The van der Waals surface area contributed by atoms with Crippen molar-refractivity contribution >= 4 is 17.7 Å². The number of benzene rings is 1. The fraction of sp³-hybridized carbons (Fsp3) is 0.222. The molecule has 0 fully saturated rings. The van der Waals surface area contributed by atoms with Crippen LogP contribution in [0.4, 0.5) is 14.5 Å². The van der Waals surface area contributed by atoms with Gasteiger partial charge < -0.3 is 19.4 Å². The highest BCUT2D eigenvalue weighted by atomic mass is 19.3. The van der Waals surface area contributed by atoms with Crippen molar-refractivity contribution in [1.29, 1.82) is 0 Å². The van der Waals surface area contributed by atoms with Crippen molar-refractivity contribution in [3.63, 3.8) is 0 Å². The molecule has 0 bridgehead atoms. The van der Waals surface area contributed by atoms with Crippen LogP contribution in [-0.2, 0) is 11.3 Å². The molecule has 2 aromatic rings. The molecule has 0 spiro atoms. The maximum absolute atomic E-state index is 12.6. The molecule has 0 aliphatic rings. The average Bonchev–Trinajstić information content (AvgIpc) is 2.61. The minimum Gasteiger partial charge on any atom is -0.493 e. The quantitative estimate of drug-likeness (QED) is 0.767. The van der Waals surface area contributed by atoms with Gasteiger partial charge in [-0.1, -0.05) is 12.1 Å². The standard InChI is InChI=1S/C18H18F2N2O4/c1-3-22-11-13(8-10-16(22)24)21-15(23)9-7-12-5-4-6-14(25-2)17(12)26-18(19)20/h4-11,18H,3H2,1-2H3,(H,21,23)/b9-7+. The molecule has 138 valence electrons. The highest BCUT2D eigenvalue weighted by molar-refractivity contribution is 6.02. The van der Waals surface area contributed by atoms with E-state index in [1.54, 1.807) is 13.0 Å². The van der Waals surface area contributed by atoms with E-state index in [2.05, 4.69) is 10.1 Å². The Labute approximate surface area is 148 Å². The number of amides is 1. The van der Waals surface area contributed by atoms with Crippen molar-refractivity contribution in [3.05, 3.63) is 58.5 Å². The summed E-state index contributed by atoms with van der Waals surface area (Å²) in [5.74, 6) is -0.520. The second-order valence-corrected chi connectivity index (χ2v) is 5.12. The van der Waals surface area contributed by atoms with Gasteiger partial charge in [0, 0.05) is 30.4 Å². The molecule has 0 aliphatic heterocycles. The summed E-state index contributed by atoms with van der Waals surface area (Å²) in [5, 5.41) is 2.60. The molecular formula is C18H18F2N2O4. The number of para-hydroxylation sites is 1. The molecule has 8 heteroatoms. The van der Waals surface area contributed by atoms with Gasteiger partial charge in [0.05, 0.1) is 12.8 Å². The van der Waals surface area contributed by atoms with Gasteiger partial charge in [0.1, 0.15) is 0 Å². The van der Waals surface area contributed by atoms with E-state index in [0.717, 1.165) is 0 Å². The molecule has 0 aliphatic carbocycles. The molecule has 0 atom stereocenters. The minimum absolute atomic E-state index is 0.128. The Morgan fingerprint density at radius 3 is 2.73 bits per heavy atom. The Balaban J connectivity index is 2.19. The van der Waals surface area contributed by atoms with E-state index in [4.69, 9.17) is 4.74 Å². The van der Waals surface area contributed by atoms with E-state index in [9.17, 15) is 18.4 Å². The first-order valence-electron chi connectivity index (χ1n) is 7.76. The summed E-state index contributed by atoms with van der Waals surface area (Å²) in [6, 6.07) is 7.41. The molecule has 1 amide bonds. The van der Waals surface area contributed by atoms with Gasteiger partial charge >= 0.3 is 6.61 Å². The van der Waals surface area contributed by atoms with Crippen LogP contribution in [0.5, 0.6) is 11.5 Å². The fourth-order valence-electron chi connectivity index (χ4n) is 2.24. The summed E-state index contributed by atoms with van der Waals surface area (Å²) >= 11 is 0. The maximum Gasteiger partial charge on any atom is 0.387 e. The normalized spacial score (nSPS) is 11.0. The van der Waals surface area contributed by atoms with Crippen LogP contribution >= 0.6 is 0 Å². The minimum atomic E-state index is -3.03. The molecule has 1 aromatic heterocycles. The van der Waals surface area contributed by atoms with Crippen molar-refractivity contribution in [2.75, 3.05) is 12.4 Å². The zero-order valence-electron chi connectivity index (χ0n) is 14.2. The Kier molecular flexibility index (Phi) is 6.48. The Bertz CT molecular complexity index is 863. The van der Waals surface area contributed by atoms with Gasteiger partial charge in [-0.2, -0.15) is 8.78 Å². The fourth-order valence-corrected chi connectivity index (χ4v) is 2.24. The number of aromatic nitrogens is 1. The van der Waals surface area contributed by atoms with Crippen molar-refractivity contribution in [1.82, 2.24) is 4.57 Å². The van der Waals surface area contributed by atoms with Gasteiger partial charge in [-0.3, -0.25) is 9.59 Å². The monoisotopic (exact) mass is 364 g/mol. The van der Waals surface area contributed by atoms with E-state index < -0.39 is 12.5 Å². The highest BCUT2D eigenvalue weighted by Crippen LogP contribution is 2.33. The number of halogens is 2. The molecule has 1 heterocycles. The Morgan fingerprint density at radius 2 is 2.08 bits per heavy atom. The third kappa shape index (κ3) is 4.92. The average molecular weight is 364 g/mol. The second kappa shape index (κ2) is 8.80. The van der Waals surface area contributed by atoms with Crippen molar-refractivity contribution in [2.24, 2.45) is 0 Å². The van der Waals surface area contributed by atoms with E-state index in [0.29, 0.717) is 12.2 Å². The Hall–Kier alpha value is -3.16. The predicted octanol–water partition coefficient (Wildman–Crippen LogP) is 3.13. The second-order valence-electron chi connectivity index (χ2n) is 5.12.